The van der Waals surface area contributed by atoms with E-state index in [4.69, 9.17) is 53.1 Å². The molecule has 0 spiro atoms. The molecule has 0 aliphatic carbocycles. The molecule has 0 aromatic carbocycles. The Labute approximate surface area is 297 Å². The van der Waals surface area contributed by atoms with Crippen molar-refractivity contribution < 1.29 is 53.1 Å². The molecule has 0 aromatic rings. The van der Waals surface area contributed by atoms with Gasteiger partial charge in [0.25, 0.3) is 0 Å². The van der Waals surface area contributed by atoms with Crippen molar-refractivity contribution in [3.05, 3.63) is 21.3 Å². The summed E-state index contributed by atoms with van der Waals surface area (Å²) in [5.74, 6) is 0. The van der Waals surface area contributed by atoms with Crippen LogP contribution in [0.3, 0.4) is 0 Å². The van der Waals surface area contributed by atoms with Crippen LogP contribution in [-0.4, -0.2) is 115 Å². The summed E-state index contributed by atoms with van der Waals surface area (Å²) >= 11 is 0. The van der Waals surface area contributed by atoms with Crippen LogP contribution >= 0.6 is 0 Å². The third kappa shape index (κ3) is 12.8. The van der Waals surface area contributed by atoms with Crippen LogP contribution < -0.4 is 0 Å². The summed E-state index contributed by atoms with van der Waals surface area (Å²) in [6.45, 7) is 28.8. The molecule has 12 nitrogen and oxygen atoms in total. The molecule has 0 heterocycles. The van der Waals surface area contributed by atoms with Gasteiger partial charge in [-0.2, -0.15) is 0 Å². The molecule has 0 aliphatic rings. The normalized spacial score (nSPS) is 13.4. The van der Waals surface area contributed by atoms with Gasteiger partial charge in [-0.05, 0) is 89.5 Å². The molecule has 286 valence electrons. The van der Waals surface area contributed by atoms with Gasteiger partial charge in [0.1, 0.15) is 0 Å². The minimum absolute atomic E-state index is 0.282. The van der Waals surface area contributed by atoms with Gasteiger partial charge in [-0.3, -0.25) is 0 Å². The first-order valence-corrected chi connectivity index (χ1v) is 25.2. The molecule has 48 heavy (non-hydrogen) atoms. The molecule has 0 unspecified atom stereocenters. The molecule has 0 N–H and O–H groups in total. The van der Waals surface area contributed by atoms with Crippen LogP contribution in [0.5, 0.6) is 0 Å². The highest BCUT2D eigenvalue weighted by atomic mass is 28.5. The van der Waals surface area contributed by atoms with Crippen molar-refractivity contribution in [1.29, 1.82) is 0 Å². The van der Waals surface area contributed by atoms with E-state index in [9.17, 15) is 0 Å². The summed E-state index contributed by atoms with van der Waals surface area (Å²) in [5, 5.41) is 1.20. The second kappa shape index (κ2) is 26.6. The summed E-state index contributed by atoms with van der Waals surface area (Å²) in [6, 6.07) is 0. The van der Waals surface area contributed by atoms with Crippen molar-refractivity contribution in [3.8, 4) is 0 Å². The van der Waals surface area contributed by atoms with Gasteiger partial charge in [0.15, 0.2) is 0 Å². The van der Waals surface area contributed by atoms with Crippen LogP contribution in [0.1, 0.15) is 109 Å². The predicted octanol–water partition coefficient (Wildman–Crippen LogP) is 6.75. The van der Waals surface area contributed by atoms with Crippen LogP contribution in [0.2, 0.25) is 0 Å². The van der Waals surface area contributed by atoms with E-state index in [1.165, 1.54) is 0 Å². The Morgan fingerprint density at radius 1 is 0.354 bits per heavy atom. The maximum Gasteiger partial charge on any atom is 0.537 e. The number of unbranched alkanes of at least 4 members (excludes halogenated alkanes) is 2. The molecule has 0 fully saturated rings. The van der Waals surface area contributed by atoms with E-state index in [2.05, 4.69) is 13.0 Å². The van der Waals surface area contributed by atoms with E-state index in [0.29, 0.717) is 41.5 Å². The molecular weight excluding hydrogens is 689 g/mol. The molecule has 0 bridgehead atoms. The molecule has 0 aliphatic heterocycles. The topological polar surface area (TPSA) is 111 Å². The Morgan fingerprint density at radius 3 is 0.854 bits per heavy atom. The first kappa shape index (κ1) is 47.9. The monoisotopic (exact) mass is 758 g/mol. The number of allylic oxidation sites excluding steroid dienone is 3. The highest BCUT2D eigenvalue weighted by molar-refractivity contribution is 6.95. The highest BCUT2D eigenvalue weighted by Gasteiger charge is 2.69. The minimum Gasteiger partial charge on any atom is -0.371 e. The second-order valence-corrected chi connectivity index (χ2v) is 20.4. The first-order chi connectivity index (χ1) is 23.2. The maximum atomic E-state index is 6.79. The van der Waals surface area contributed by atoms with Gasteiger partial charge in [0, 0.05) is 89.7 Å². The fraction of sp³-hybridized carbons (Fsp3) is 0.875. The van der Waals surface area contributed by atoms with Crippen LogP contribution in [0, 0.1) is 0 Å². The number of hydrogen-bond acceptors (Lipinski definition) is 12. The van der Waals surface area contributed by atoms with Crippen molar-refractivity contribution in [1.82, 2.24) is 0 Å². The molecule has 0 saturated heterocycles. The molecule has 0 rings (SSSR count). The lowest BCUT2D eigenvalue weighted by atomic mass is 10.2. The summed E-state index contributed by atoms with van der Waals surface area (Å²) in [5.41, 5.74) is 0. The van der Waals surface area contributed by atoms with Crippen LogP contribution in [0.25, 0.3) is 0 Å². The Bertz CT molecular complexity index is 797. The molecule has 0 saturated carbocycles. The Kier molecular flexibility index (Phi) is 26.5. The van der Waals surface area contributed by atoms with Crippen molar-refractivity contribution in [2.45, 2.75) is 109 Å². The summed E-state index contributed by atoms with van der Waals surface area (Å²) in [4.78, 5) is 0.492. The lowest BCUT2D eigenvalue weighted by Crippen LogP contribution is -2.66. The van der Waals surface area contributed by atoms with Crippen molar-refractivity contribution in [3.63, 3.8) is 0 Å². The summed E-state index contributed by atoms with van der Waals surface area (Å²) in [7, 11) is -15.8. The fourth-order valence-electron chi connectivity index (χ4n) is 5.44. The zero-order valence-electron chi connectivity index (χ0n) is 32.6. The molecule has 16 heteroatoms. The van der Waals surface area contributed by atoms with E-state index in [1.807, 2.05) is 83.1 Å². The van der Waals surface area contributed by atoms with Gasteiger partial charge >= 0.3 is 35.2 Å². The van der Waals surface area contributed by atoms with E-state index in [0.717, 1.165) is 12.8 Å². The Morgan fingerprint density at radius 2 is 0.604 bits per heavy atom. The van der Waals surface area contributed by atoms with E-state index in [1.54, 1.807) is 0 Å². The second-order valence-electron chi connectivity index (χ2n) is 9.93. The fourth-order valence-corrected chi connectivity index (χ4v) is 21.0. The van der Waals surface area contributed by atoms with Gasteiger partial charge in [-0.15, -0.1) is 0 Å². The quantitative estimate of drug-likeness (QED) is 0.0411. The van der Waals surface area contributed by atoms with Crippen molar-refractivity contribution in [2.24, 2.45) is 0 Å². The standard InChI is InChI=1S/C32H70O12Si4/c1-14-27-28-29-30(45(33-15-2,34-16-3)35-17-4)31(46(36-18-5,37-19-6)38-20-7)32(47(39-21-8,40-22-9)41-23-10)48(42-24-11,43-25-12)44-26-13/h29H,14-28H2,1-13H3. The van der Waals surface area contributed by atoms with Gasteiger partial charge in [0.05, 0.1) is 4.82 Å². The first-order valence-electron chi connectivity index (χ1n) is 18.3. The summed E-state index contributed by atoms with van der Waals surface area (Å²) < 4.78 is 80.9. The average Bonchev–Trinajstić information content (AvgIpc) is 3.03. The molecular formula is C32H70O12Si4. The lowest BCUT2D eigenvalue weighted by molar-refractivity contribution is 0.0562. The average molecular weight is 759 g/mol. The van der Waals surface area contributed by atoms with E-state index < -0.39 is 35.2 Å². The van der Waals surface area contributed by atoms with Crippen molar-refractivity contribution >= 4 is 35.2 Å². The van der Waals surface area contributed by atoms with Gasteiger partial charge in [0.2, 0.25) is 0 Å². The third-order valence-corrected chi connectivity index (χ3v) is 21.3. The van der Waals surface area contributed by atoms with Crippen molar-refractivity contribution in [2.75, 3.05) is 79.3 Å². The highest BCUT2D eigenvalue weighted by Crippen LogP contribution is 2.44. The van der Waals surface area contributed by atoms with E-state index in [-0.39, 0.29) is 59.5 Å². The Hall–Kier alpha value is -0.132. The van der Waals surface area contributed by atoms with Crippen LogP contribution in [0.15, 0.2) is 21.3 Å². The molecule has 0 amide bonds. The van der Waals surface area contributed by atoms with Gasteiger partial charge in [-0.1, -0.05) is 25.8 Å². The largest absolute Gasteiger partial charge is 0.537 e. The zero-order valence-corrected chi connectivity index (χ0v) is 36.6. The zero-order chi connectivity index (χ0) is 36.5. The Balaban J connectivity index is 9.67. The molecule has 0 atom stereocenters. The SMILES string of the molecule is CCCCC=C(C(=C([Si](OCC)(OCC)OCC)[Si](OCC)(OCC)OCC)[Si](OCC)(OCC)OCC)[Si](OCC)(OCC)OCC. The van der Waals surface area contributed by atoms with Crippen LogP contribution in [0.4, 0.5) is 0 Å². The predicted molar refractivity (Wildman–Crippen MR) is 197 cm³/mol. The summed E-state index contributed by atoms with van der Waals surface area (Å²) in [6.07, 6.45) is 4.71. The molecule has 0 radical (unpaired) electrons. The number of rotatable bonds is 32. The third-order valence-electron chi connectivity index (χ3n) is 6.69. The number of hydrogen-bond donors (Lipinski definition) is 0. The van der Waals surface area contributed by atoms with E-state index >= 15 is 0 Å². The van der Waals surface area contributed by atoms with Gasteiger partial charge < -0.3 is 53.1 Å². The van der Waals surface area contributed by atoms with Crippen LogP contribution in [-0.2, 0) is 53.1 Å². The smallest absolute Gasteiger partial charge is 0.371 e. The minimum atomic E-state index is -4.01. The molecule has 0 aromatic heterocycles. The lowest BCUT2D eigenvalue weighted by Gasteiger charge is -2.44. The maximum absolute atomic E-state index is 6.79. The van der Waals surface area contributed by atoms with Gasteiger partial charge in [-0.25, -0.2) is 0 Å².